The Morgan fingerprint density at radius 3 is 2.72 bits per heavy atom. The van der Waals surface area contributed by atoms with E-state index in [1.807, 2.05) is 35.7 Å². The lowest BCUT2D eigenvalue weighted by molar-refractivity contribution is -0.0679. The Bertz CT molecular complexity index is 679. The lowest BCUT2D eigenvalue weighted by Gasteiger charge is -2.35. The van der Waals surface area contributed by atoms with Crippen molar-refractivity contribution in [2.45, 2.75) is 32.5 Å². The first-order chi connectivity index (χ1) is 12.1. The Balaban J connectivity index is 1.43. The Labute approximate surface area is 153 Å². The van der Waals surface area contributed by atoms with Crippen LogP contribution in [0.15, 0.2) is 35.7 Å². The molecule has 2 unspecified atom stereocenters. The number of benzene rings is 1. The highest BCUT2D eigenvalue weighted by Crippen LogP contribution is 2.23. The fourth-order valence-electron chi connectivity index (χ4n) is 3.15. The van der Waals surface area contributed by atoms with Crippen molar-refractivity contribution in [2.24, 2.45) is 0 Å². The SMILES string of the molecule is CC1CN(CCCNC(=O)c2csc(-c3ccccc3)n2)CC(C)O1. The molecule has 0 aliphatic carbocycles. The smallest absolute Gasteiger partial charge is 0.270 e. The number of aromatic nitrogens is 1. The van der Waals surface area contributed by atoms with E-state index >= 15 is 0 Å². The molecule has 1 N–H and O–H groups in total. The number of nitrogens with one attached hydrogen (secondary N) is 1. The molecule has 1 saturated heterocycles. The first-order valence-electron chi connectivity index (χ1n) is 8.79. The van der Waals surface area contributed by atoms with Crippen LogP contribution in [0.25, 0.3) is 10.6 Å². The van der Waals surface area contributed by atoms with Crippen LogP contribution in [0.5, 0.6) is 0 Å². The van der Waals surface area contributed by atoms with Gasteiger partial charge in [-0.1, -0.05) is 30.3 Å². The van der Waals surface area contributed by atoms with E-state index in [9.17, 15) is 4.79 Å². The summed E-state index contributed by atoms with van der Waals surface area (Å²) >= 11 is 1.50. The molecule has 1 amide bonds. The lowest BCUT2D eigenvalue weighted by atomic mass is 10.2. The molecular formula is C19H25N3O2S. The molecule has 0 saturated carbocycles. The molecule has 2 aromatic rings. The minimum atomic E-state index is -0.0952. The van der Waals surface area contributed by atoms with Gasteiger partial charge in [0, 0.05) is 37.1 Å². The molecule has 2 atom stereocenters. The van der Waals surface area contributed by atoms with Crippen LogP contribution in [0.4, 0.5) is 0 Å². The Morgan fingerprint density at radius 2 is 2.00 bits per heavy atom. The third kappa shape index (κ3) is 5.11. The quantitative estimate of drug-likeness (QED) is 0.806. The predicted octanol–water partition coefficient (Wildman–Crippen LogP) is 3.04. The summed E-state index contributed by atoms with van der Waals surface area (Å²) in [5, 5.41) is 5.67. The molecule has 134 valence electrons. The van der Waals surface area contributed by atoms with Crippen molar-refractivity contribution in [3.63, 3.8) is 0 Å². The molecular weight excluding hydrogens is 334 g/mol. The summed E-state index contributed by atoms with van der Waals surface area (Å²) < 4.78 is 5.74. The maximum atomic E-state index is 12.2. The second-order valence-corrected chi connectivity index (χ2v) is 7.39. The Kier molecular flexibility index (Phi) is 6.18. The van der Waals surface area contributed by atoms with Gasteiger partial charge in [0.05, 0.1) is 12.2 Å². The van der Waals surface area contributed by atoms with E-state index in [-0.39, 0.29) is 18.1 Å². The zero-order chi connectivity index (χ0) is 17.6. The van der Waals surface area contributed by atoms with Crippen molar-refractivity contribution in [3.05, 3.63) is 41.4 Å². The van der Waals surface area contributed by atoms with Gasteiger partial charge in [-0.2, -0.15) is 0 Å². The van der Waals surface area contributed by atoms with Crippen LogP contribution in [-0.2, 0) is 4.74 Å². The molecule has 1 aliphatic rings. The topological polar surface area (TPSA) is 54.5 Å². The standard InChI is InChI=1S/C19H25N3O2S/c1-14-11-22(12-15(2)24-14)10-6-9-20-18(23)17-13-25-19(21-17)16-7-4-3-5-8-16/h3-5,7-8,13-15H,6,9-12H2,1-2H3,(H,20,23). The van der Waals surface area contributed by atoms with Gasteiger partial charge in [0.2, 0.25) is 0 Å². The lowest BCUT2D eigenvalue weighted by Crippen LogP contribution is -2.46. The van der Waals surface area contributed by atoms with E-state index in [2.05, 4.69) is 29.0 Å². The van der Waals surface area contributed by atoms with Gasteiger partial charge < -0.3 is 10.1 Å². The van der Waals surface area contributed by atoms with E-state index in [1.165, 1.54) is 11.3 Å². The molecule has 5 nitrogen and oxygen atoms in total. The van der Waals surface area contributed by atoms with E-state index in [4.69, 9.17) is 4.74 Å². The molecule has 3 rings (SSSR count). The van der Waals surface area contributed by atoms with E-state index in [1.54, 1.807) is 0 Å². The molecule has 0 radical (unpaired) electrons. The monoisotopic (exact) mass is 359 g/mol. The third-order valence-corrected chi connectivity index (χ3v) is 5.08. The first kappa shape index (κ1) is 18.0. The second-order valence-electron chi connectivity index (χ2n) is 6.53. The Hall–Kier alpha value is -1.76. The zero-order valence-corrected chi connectivity index (χ0v) is 15.6. The van der Waals surface area contributed by atoms with Crippen molar-refractivity contribution in [1.82, 2.24) is 15.2 Å². The molecule has 2 heterocycles. The van der Waals surface area contributed by atoms with E-state index < -0.39 is 0 Å². The summed E-state index contributed by atoms with van der Waals surface area (Å²) in [5.41, 5.74) is 1.54. The molecule has 1 aliphatic heterocycles. The van der Waals surface area contributed by atoms with Crippen LogP contribution < -0.4 is 5.32 Å². The maximum absolute atomic E-state index is 12.2. The van der Waals surface area contributed by atoms with Gasteiger partial charge in [-0.25, -0.2) is 4.98 Å². The average Bonchev–Trinajstić information content (AvgIpc) is 3.09. The van der Waals surface area contributed by atoms with E-state index in [0.29, 0.717) is 12.2 Å². The van der Waals surface area contributed by atoms with Crippen LogP contribution in [-0.4, -0.2) is 54.2 Å². The highest BCUT2D eigenvalue weighted by atomic mass is 32.1. The van der Waals surface area contributed by atoms with Gasteiger partial charge >= 0.3 is 0 Å². The number of ether oxygens (including phenoxy) is 1. The first-order valence-corrected chi connectivity index (χ1v) is 9.67. The fraction of sp³-hybridized carbons (Fsp3) is 0.474. The van der Waals surface area contributed by atoms with Gasteiger partial charge in [0.25, 0.3) is 5.91 Å². The molecule has 0 spiro atoms. The minimum Gasteiger partial charge on any atom is -0.373 e. The van der Waals surface area contributed by atoms with Gasteiger partial charge in [0.15, 0.2) is 0 Å². The number of hydrogen-bond donors (Lipinski definition) is 1. The predicted molar refractivity (Wildman–Crippen MR) is 101 cm³/mol. The van der Waals surface area contributed by atoms with Crippen molar-refractivity contribution in [1.29, 1.82) is 0 Å². The number of carbonyl (C=O) groups is 1. The Morgan fingerprint density at radius 1 is 1.28 bits per heavy atom. The van der Waals surface area contributed by atoms with Crippen molar-refractivity contribution >= 4 is 17.2 Å². The summed E-state index contributed by atoms with van der Waals surface area (Å²) in [6, 6.07) is 9.93. The number of carbonyl (C=O) groups excluding carboxylic acids is 1. The number of rotatable bonds is 6. The summed E-state index contributed by atoms with van der Waals surface area (Å²) in [5.74, 6) is -0.0952. The number of hydrogen-bond acceptors (Lipinski definition) is 5. The van der Waals surface area contributed by atoms with E-state index in [0.717, 1.165) is 36.6 Å². The highest BCUT2D eigenvalue weighted by molar-refractivity contribution is 7.13. The zero-order valence-electron chi connectivity index (χ0n) is 14.8. The summed E-state index contributed by atoms with van der Waals surface area (Å²) in [7, 11) is 0. The van der Waals surface area contributed by atoms with Crippen LogP contribution >= 0.6 is 11.3 Å². The molecule has 1 aromatic carbocycles. The summed E-state index contributed by atoms with van der Waals surface area (Å²) in [4.78, 5) is 19.1. The average molecular weight is 359 g/mol. The molecule has 6 heteroatoms. The second kappa shape index (κ2) is 8.56. The van der Waals surface area contributed by atoms with Crippen molar-refractivity contribution < 1.29 is 9.53 Å². The molecule has 1 fully saturated rings. The van der Waals surface area contributed by atoms with Crippen molar-refractivity contribution in [3.8, 4) is 10.6 Å². The number of amides is 1. The summed E-state index contributed by atoms with van der Waals surface area (Å²) in [6.45, 7) is 7.78. The number of thiazole rings is 1. The largest absolute Gasteiger partial charge is 0.373 e. The van der Waals surface area contributed by atoms with Crippen LogP contribution in [0.3, 0.4) is 0 Å². The van der Waals surface area contributed by atoms with Gasteiger partial charge in [-0.05, 0) is 20.3 Å². The van der Waals surface area contributed by atoms with Gasteiger partial charge in [-0.3, -0.25) is 9.69 Å². The number of nitrogens with zero attached hydrogens (tertiary/aromatic N) is 2. The van der Waals surface area contributed by atoms with Crippen LogP contribution in [0, 0.1) is 0 Å². The maximum Gasteiger partial charge on any atom is 0.270 e. The molecule has 1 aromatic heterocycles. The molecule has 0 bridgehead atoms. The molecule has 25 heavy (non-hydrogen) atoms. The third-order valence-electron chi connectivity index (χ3n) is 4.19. The number of morpholine rings is 1. The van der Waals surface area contributed by atoms with Crippen molar-refractivity contribution in [2.75, 3.05) is 26.2 Å². The van der Waals surface area contributed by atoms with Gasteiger partial charge in [0.1, 0.15) is 10.7 Å². The normalized spacial score (nSPS) is 21.2. The summed E-state index contributed by atoms with van der Waals surface area (Å²) in [6.07, 6.45) is 1.50. The van der Waals surface area contributed by atoms with Crippen LogP contribution in [0.2, 0.25) is 0 Å². The highest BCUT2D eigenvalue weighted by Gasteiger charge is 2.21. The van der Waals surface area contributed by atoms with Gasteiger partial charge in [-0.15, -0.1) is 11.3 Å². The minimum absolute atomic E-state index is 0.0952. The van der Waals surface area contributed by atoms with Crippen LogP contribution in [0.1, 0.15) is 30.8 Å². The fourth-order valence-corrected chi connectivity index (χ4v) is 3.96.